The Bertz CT molecular complexity index is 1630. The number of anilines is 4. The van der Waals surface area contributed by atoms with E-state index in [0.29, 0.717) is 67.4 Å². The van der Waals surface area contributed by atoms with E-state index in [1.165, 1.54) is 46.0 Å². The summed E-state index contributed by atoms with van der Waals surface area (Å²) in [5, 5.41) is 11.0. The molecule has 0 atom stereocenters. The van der Waals surface area contributed by atoms with Crippen molar-refractivity contribution in [3.8, 4) is 22.8 Å². The lowest BCUT2D eigenvalue weighted by Crippen LogP contribution is -2.13. The number of nitrogens with one attached hydrogen (secondary N) is 3. The highest BCUT2D eigenvalue weighted by Gasteiger charge is 2.23. The van der Waals surface area contributed by atoms with Crippen LogP contribution in [0.1, 0.15) is 31.2 Å². The Kier molecular flexibility index (Phi) is 8.99. The van der Waals surface area contributed by atoms with Gasteiger partial charge in [0.15, 0.2) is 5.82 Å². The van der Waals surface area contributed by atoms with Crippen LogP contribution in [0, 0.1) is 12.8 Å². The first-order valence-corrected chi connectivity index (χ1v) is 14.4. The number of nitrogens with zero attached hydrogens (tertiary/aromatic N) is 3. The van der Waals surface area contributed by atoms with Crippen LogP contribution in [0.15, 0.2) is 49.2 Å². The van der Waals surface area contributed by atoms with Crippen molar-refractivity contribution in [2.24, 2.45) is 5.92 Å². The molecule has 4 aromatic rings. The Hall–Kier alpha value is -4.08. The van der Waals surface area contributed by atoms with Crippen molar-refractivity contribution < 1.29 is 14.3 Å². The predicted molar refractivity (Wildman–Crippen MR) is 170 cm³/mol. The molecule has 11 heteroatoms. The topological polar surface area (TPSA) is 110 Å². The molecule has 1 amide bonds. The van der Waals surface area contributed by atoms with Gasteiger partial charge in [0.25, 0.3) is 0 Å². The zero-order chi connectivity index (χ0) is 29.8. The molecule has 0 saturated heterocycles. The van der Waals surface area contributed by atoms with E-state index in [1.807, 2.05) is 25.1 Å². The third kappa shape index (κ3) is 6.07. The van der Waals surface area contributed by atoms with Gasteiger partial charge in [-0.3, -0.25) is 4.79 Å². The van der Waals surface area contributed by atoms with Crippen LogP contribution in [0.2, 0.25) is 10.0 Å². The molecule has 3 N–H and O–H groups in total. The largest absolute Gasteiger partial charge is 0.495 e. The van der Waals surface area contributed by atoms with Crippen molar-refractivity contribution in [2.45, 2.75) is 32.6 Å². The van der Waals surface area contributed by atoms with Gasteiger partial charge >= 0.3 is 0 Å². The number of rotatable bonds is 10. The fraction of sp³-hybridized carbons (Fsp3) is 0.290. The zero-order valence-electron chi connectivity index (χ0n) is 23.7. The van der Waals surface area contributed by atoms with E-state index in [-0.39, 0.29) is 5.91 Å². The highest BCUT2D eigenvalue weighted by atomic mass is 35.5. The molecule has 5 rings (SSSR count). The van der Waals surface area contributed by atoms with Crippen LogP contribution < -0.4 is 25.4 Å². The predicted octanol–water partition coefficient (Wildman–Crippen LogP) is 7.79. The van der Waals surface area contributed by atoms with E-state index in [4.69, 9.17) is 42.6 Å². The van der Waals surface area contributed by atoms with E-state index in [9.17, 15) is 4.79 Å². The SMILES string of the molecule is C=CC(=O)Nc1cccc(C)c1Nc1ncc2cc(-c3c(Cl)c(OC)cc(OC)c3Cl)nc(NCC3CCCC3)c2n1. The first kappa shape index (κ1) is 29.4. The van der Waals surface area contributed by atoms with Gasteiger partial charge in [-0.15, -0.1) is 0 Å². The second-order valence-electron chi connectivity index (χ2n) is 10.1. The van der Waals surface area contributed by atoms with Gasteiger partial charge in [-0.2, -0.15) is 0 Å². The van der Waals surface area contributed by atoms with Crippen LogP contribution in [0.25, 0.3) is 22.2 Å². The molecule has 2 heterocycles. The molecule has 2 aromatic heterocycles. The molecular weight excluding hydrogens is 575 g/mol. The number of fused-ring (bicyclic) bond motifs is 1. The summed E-state index contributed by atoms with van der Waals surface area (Å²) in [7, 11) is 3.07. The number of carbonyl (C=O) groups excluding carboxylic acids is 1. The van der Waals surface area contributed by atoms with E-state index in [0.717, 1.165) is 17.5 Å². The lowest BCUT2D eigenvalue weighted by Gasteiger charge is -2.18. The van der Waals surface area contributed by atoms with Crippen molar-refractivity contribution in [3.05, 3.63) is 64.8 Å². The Balaban J connectivity index is 1.61. The molecule has 9 nitrogen and oxygen atoms in total. The number of aryl methyl sites for hydroxylation is 1. The highest BCUT2D eigenvalue weighted by Crippen LogP contribution is 2.46. The summed E-state index contributed by atoms with van der Waals surface area (Å²) in [5.41, 5.74) is 3.82. The minimum absolute atomic E-state index is 0.315. The molecule has 0 bridgehead atoms. The minimum atomic E-state index is -0.315. The number of benzene rings is 2. The molecule has 1 fully saturated rings. The summed E-state index contributed by atoms with van der Waals surface area (Å²) in [6, 6.07) is 9.09. The molecule has 1 saturated carbocycles. The molecular formula is C31H32Cl2N6O3. The lowest BCUT2D eigenvalue weighted by molar-refractivity contribution is -0.111. The second-order valence-corrected chi connectivity index (χ2v) is 10.9. The number of methoxy groups -OCH3 is 2. The molecule has 1 aliphatic rings. The van der Waals surface area contributed by atoms with Crippen LogP contribution in [-0.2, 0) is 4.79 Å². The summed E-state index contributed by atoms with van der Waals surface area (Å²) in [5.74, 6) is 2.01. The molecule has 42 heavy (non-hydrogen) atoms. The Morgan fingerprint density at radius 3 is 2.48 bits per heavy atom. The van der Waals surface area contributed by atoms with Gasteiger partial charge < -0.3 is 25.4 Å². The maximum absolute atomic E-state index is 12.0. The van der Waals surface area contributed by atoms with E-state index >= 15 is 0 Å². The first-order chi connectivity index (χ1) is 20.3. The number of hydrogen-bond donors (Lipinski definition) is 3. The van der Waals surface area contributed by atoms with Crippen LogP contribution >= 0.6 is 23.2 Å². The number of aromatic nitrogens is 3. The molecule has 0 unspecified atom stereocenters. The summed E-state index contributed by atoms with van der Waals surface area (Å²) in [4.78, 5) is 26.4. The zero-order valence-corrected chi connectivity index (χ0v) is 25.2. The van der Waals surface area contributed by atoms with Gasteiger partial charge in [0.1, 0.15) is 17.0 Å². The van der Waals surface area contributed by atoms with Gasteiger partial charge in [-0.1, -0.05) is 54.8 Å². The maximum atomic E-state index is 12.0. The van der Waals surface area contributed by atoms with Gasteiger partial charge in [0.05, 0.1) is 41.3 Å². The van der Waals surface area contributed by atoms with Crippen molar-refractivity contribution in [2.75, 3.05) is 36.7 Å². The van der Waals surface area contributed by atoms with Gasteiger partial charge in [-0.05, 0) is 49.5 Å². The van der Waals surface area contributed by atoms with E-state index < -0.39 is 0 Å². The van der Waals surface area contributed by atoms with Gasteiger partial charge in [0.2, 0.25) is 11.9 Å². The Morgan fingerprint density at radius 1 is 1.10 bits per heavy atom. The average Bonchev–Trinajstić information content (AvgIpc) is 3.52. The molecule has 0 radical (unpaired) electrons. The quantitative estimate of drug-likeness (QED) is 0.157. The van der Waals surface area contributed by atoms with E-state index in [1.54, 1.807) is 18.3 Å². The fourth-order valence-corrected chi connectivity index (χ4v) is 5.84. The molecule has 1 aliphatic carbocycles. The van der Waals surface area contributed by atoms with E-state index in [2.05, 4.69) is 27.5 Å². The standard InChI is InChI=1S/C31H32Cl2N6O3/c1-5-24(40)36-20-12-8-9-17(2)28(20)38-31-35-16-19-13-21(25-26(32)22(41-3)14-23(42-4)27(25)33)37-30(29(19)39-31)34-15-18-10-6-7-11-18/h5,8-9,12-14,16,18H,1,6-7,10-11,15H2,2-4H3,(H,34,37)(H,36,40)(H,35,38,39). The van der Waals surface area contributed by atoms with Gasteiger partial charge in [0, 0.05) is 29.8 Å². The number of carbonyl (C=O) groups is 1. The summed E-state index contributed by atoms with van der Waals surface area (Å²) >= 11 is 13.5. The molecule has 218 valence electrons. The lowest BCUT2D eigenvalue weighted by atomic mass is 10.1. The van der Waals surface area contributed by atoms with Crippen LogP contribution in [-0.4, -0.2) is 41.6 Å². The molecule has 0 aliphatic heterocycles. The smallest absolute Gasteiger partial charge is 0.247 e. The second kappa shape index (κ2) is 12.8. The number of pyridine rings is 1. The highest BCUT2D eigenvalue weighted by molar-refractivity contribution is 6.41. The monoisotopic (exact) mass is 606 g/mol. The average molecular weight is 608 g/mol. The maximum Gasteiger partial charge on any atom is 0.247 e. The number of hydrogen-bond acceptors (Lipinski definition) is 8. The van der Waals surface area contributed by atoms with Crippen LogP contribution in [0.5, 0.6) is 11.5 Å². The summed E-state index contributed by atoms with van der Waals surface area (Å²) in [6.45, 7) is 6.24. The minimum Gasteiger partial charge on any atom is -0.495 e. The summed E-state index contributed by atoms with van der Waals surface area (Å²) < 4.78 is 11.0. The van der Waals surface area contributed by atoms with Crippen molar-refractivity contribution in [1.82, 2.24) is 15.0 Å². The Labute approximate surface area is 254 Å². The van der Waals surface area contributed by atoms with Crippen molar-refractivity contribution >= 4 is 63.2 Å². The number of ether oxygens (including phenoxy) is 2. The number of halogens is 2. The summed E-state index contributed by atoms with van der Waals surface area (Å²) in [6.07, 6.45) is 7.74. The molecule has 2 aromatic carbocycles. The first-order valence-electron chi connectivity index (χ1n) is 13.6. The van der Waals surface area contributed by atoms with Crippen molar-refractivity contribution in [1.29, 1.82) is 0 Å². The third-order valence-corrected chi connectivity index (χ3v) is 8.13. The van der Waals surface area contributed by atoms with Crippen LogP contribution in [0.4, 0.5) is 23.1 Å². The van der Waals surface area contributed by atoms with Crippen LogP contribution in [0.3, 0.4) is 0 Å². The Morgan fingerprint density at radius 2 is 1.81 bits per heavy atom. The molecule has 0 spiro atoms. The normalized spacial score (nSPS) is 13.2. The third-order valence-electron chi connectivity index (χ3n) is 7.38. The van der Waals surface area contributed by atoms with Gasteiger partial charge in [-0.25, -0.2) is 15.0 Å². The van der Waals surface area contributed by atoms with Crippen molar-refractivity contribution in [3.63, 3.8) is 0 Å². The number of amides is 1. The fourth-order valence-electron chi connectivity index (χ4n) is 5.15. The number of para-hydroxylation sites is 1.